The number of benzene rings is 2. The summed E-state index contributed by atoms with van der Waals surface area (Å²) in [6, 6.07) is 9.98. The van der Waals surface area contributed by atoms with Gasteiger partial charge >= 0.3 is 12.0 Å². The summed E-state index contributed by atoms with van der Waals surface area (Å²) in [5, 5.41) is 11.9. The number of carboxylic acid groups (broad SMARTS) is 1. The molecule has 0 fully saturated rings. The van der Waals surface area contributed by atoms with Crippen LogP contribution in [-0.4, -0.2) is 54.4 Å². The summed E-state index contributed by atoms with van der Waals surface area (Å²) in [7, 11) is 0. The van der Waals surface area contributed by atoms with Crippen LogP contribution in [0.25, 0.3) is 0 Å². The molecule has 0 bridgehead atoms. The first-order chi connectivity index (χ1) is 16.8. The van der Waals surface area contributed by atoms with Crippen LogP contribution in [0.15, 0.2) is 42.5 Å². The molecule has 0 heterocycles. The van der Waals surface area contributed by atoms with Crippen molar-refractivity contribution in [3.63, 3.8) is 0 Å². The molecule has 0 saturated heterocycles. The van der Waals surface area contributed by atoms with Crippen molar-refractivity contribution in [3.8, 4) is 5.75 Å². The number of urea groups is 1. The lowest BCUT2D eigenvalue weighted by Crippen LogP contribution is -2.42. The fourth-order valence-corrected chi connectivity index (χ4v) is 3.44. The molecule has 2 rings (SSSR count). The van der Waals surface area contributed by atoms with E-state index in [-0.39, 0.29) is 31.2 Å². The van der Waals surface area contributed by atoms with Crippen LogP contribution in [0.1, 0.15) is 44.2 Å². The number of carbonyl (C=O) groups excluding carboxylic acids is 1. The van der Waals surface area contributed by atoms with E-state index in [1.807, 2.05) is 0 Å². The summed E-state index contributed by atoms with van der Waals surface area (Å²) in [6.07, 6.45) is 2.16. The fraction of sp³-hybridized carbons (Fsp3) is 0.462. The molecule has 35 heavy (non-hydrogen) atoms. The van der Waals surface area contributed by atoms with Crippen LogP contribution in [0, 0.1) is 11.6 Å². The molecule has 2 N–H and O–H groups in total. The number of nitrogens with one attached hydrogen (secondary N) is 1. The first-order valence-corrected chi connectivity index (χ1v) is 11.9. The van der Waals surface area contributed by atoms with Crippen LogP contribution >= 0.6 is 0 Å². The van der Waals surface area contributed by atoms with Crippen LogP contribution < -0.4 is 10.1 Å². The summed E-state index contributed by atoms with van der Waals surface area (Å²) in [4.78, 5) is 25.6. The number of amides is 2. The third-order valence-corrected chi connectivity index (χ3v) is 5.38. The number of rotatable bonds is 15. The second-order valence-electron chi connectivity index (χ2n) is 8.07. The van der Waals surface area contributed by atoms with E-state index < -0.39 is 23.7 Å². The van der Waals surface area contributed by atoms with Gasteiger partial charge in [-0.15, -0.1) is 0 Å². The Morgan fingerprint density at radius 1 is 1.06 bits per heavy atom. The monoisotopic (exact) mass is 492 g/mol. The van der Waals surface area contributed by atoms with E-state index in [1.54, 1.807) is 36.1 Å². The molecule has 0 aliphatic rings. The zero-order valence-corrected chi connectivity index (χ0v) is 20.3. The molecular weight excluding hydrogens is 458 g/mol. The molecule has 2 aromatic rings. The van der Waals surface area contributed by atoms with E-state index >= 15 is 0 Å². The van der Waals surface area contributed by atoms with Gasteiger partial charge in [-0.1, -0.05) is 38.0 Å². The molecule has 7 nitrogen and oxygen atoms in total. The second-order valence-corrected chi connectivity index (χ2v) is 8.07. The standard InChI is InChI=1S/C26H34F2N2O5/c1-3-5-6-13-30(26(33)29-18-20-9-10-21(27)17-23(20)28)14-15-35-22-11-7-19(8-12-22)16-24(25(31)32)34-4-2/h7-12,17,24H,3-6,13-16,18H2,1-2H3,(H,29,33)(H,31,32). The maximum absolute atomic E-state index is 13.9. The minimum Gasteiger partial charge on any atom is -0.492 e. The van der Waals surface area contributed by atoms with Crippen LogP contribution in [0.3, 0.4) is 0 Å². The molecule has 0 spiro atoms. The number of unbranched alkanes of at least 4 members (excludes halogenated alkanes) is 2. The van der Waals surface area contributed by atoms with E-state index in [0.29, 0.717) is 25.4 Å². The van der Waals surface area contributed by atoms with Gasteiger partial charge in [0.05, 0.1) is 6.54 Å². The Labute approximate surface area is 205 Å². The van der Waals surface area contributed by atoms with Gasteiger partial charge in [0.1, 0.15) is 24.0 Å². The molecule has 1 unspecified atom stereocenters. The smallest absolute Gasteiger partial charge is 0.333 e. The molecule has 9 heteroatoms. The second kappa shape index (κ2) is 14.9. The summed E-state index contributed by atoms with van der Waals surface area (Å²) in [6.45, 7) is 5.20. The highest BCUT2D eigenvalue weighted by Crippen LogP contribution is 2.15. The average molecular weight is 493 g/mol. The molecule has 0 aliphatic carbocycles. The van der Waals surface area contributed by atoms with Crippen LogP contribution in [-0.2, 0) is 22.5 Å². The number of aliphatic carboxylic acids is 1. The fourth-order valence-electron chi connectivity index (χ4n) is 3.44. The van der Waals surface area contributed by atoms with E-state index in [0.717, 1.165) is 37.0 Å². The van der Waals surface area contributed by atoms with Crippen molar-refractivity contribution < 1.29 is 33.0 Å². The van der Waals surface area contributed by atoms with E-state index in [1.165, 1.54) is 6.07 Å². The first kappa shape index (κ1) is 28.0. The van der Waals surface area contributed by atoms with Gasteiger partial charge in [-0.05, 0) is 37.1 Å². The summed E-state index contributed by atoms with van der Waals surface area (Å²) < 4.78 is 38.0. The summed E-state index contributed by atoms with van der Waals surface area (Å²) in [5.74, 6) is -1.78. The Bertz CT molecular complexity index is 940. The maximum Gasteiger partial charge on any atom is 0.333 e. The highest BCUT2D eigenvalue weighted by Gasteiger charge is 2.18. The van der Waals surface area contributed by atoms with Gasteiger partial charge in [0.2, 0.25) is 0 Å². The molecule has 0 aliphatic heterocycles. The minimum atomic E-state index is -1.00. The third kappa shape index (κ3) is 9.90. The molecule has 0 saturated carbocycles. The van der Waals surface area contributed by atoms with Gasteiger partial charge in [0.15, 0.2) is 6.10 Å². The van der Waals surface area contributed by atoms with Gasteiger partial charge in [-0.3, -0.25) is 0 Å². The number of carboxylic acids is 1. The molecule has 2 amide bonds. The Hall–Kier alpha value is -3.20. The van der Waals surface area contributed by atoms with E-state index in [2.05, 4.69) is 12.2 Å². The highest BCUT2D eigenvalue weighted by molar-refractivity contribution is 5.74. The van der Waals surface area contributed by atoms with Crippen molar-refractivity contribution in [3.05, 3.63) is 65.2 Å². The Kier molecular flexibility index (Phi) is 12.0. The molecule has 192 valence electrons. The van der Waals surface area contributed by atoms with E-state index in [4.69, 9.17) is 9.47 Å². The van der Waals surface area contributed by atoms with E-state index in [9.17, 15) is 23.5 Å². The van der Waals surface area contributed by atoms with Crippen LogP contribution in [0.2, 0.25) is 0 Å². The number of halogens is 2. The normalized spacial score (nSPS) is 11.7. The Balaban J connectivity index is 1.88. The zero-order valence-electron chi connectivity index (χ0n) is 20.3. The largest absolute Gasteiger partial charge is 0.492 e. The van der Waals surface area contributed by atoms with Crippen molar-refractivity contribution in [1.82, 2.24) is 10.2 Å². The van der Waals surface area contributed by atoms with Crippen molar-refractivity contribution >= 4 is 12.0 Å². The summed E-state index contributed by atoms with van der Waals surface area (Å²) in [5.41, 5.74) is 1.02. The predicted molar refractivity (Wildman–Crippen MR) is 128 cm³/mol. The van der Waals surface area contributed by atoms with Crippen molar-refractivity contribution in [2.24, 2.45) is 0 Å². The molecular formula is C26H34F2N2O5. The lowest BCUT2D eigenvalue weighted by atomic mass is 10.1. The number of ether oxygens (including phenoxy) is 2. The molecule has 0 aromatic heterocycles. The minimum absolute atomic E-state index is 0.0450. The van der Waals surface area contributed by atoms with Gasteiger partial charge in [-0.25, -0.2) is 18.4 Å². The Morgan fingerprint density at radius 3 is 2.43 bits per heavy atom. The van der Waals surface area contributed by atoms with Gasteiger partial charge in [0, 0.05) is 37.7 Å². The van der Waals surface area contributed by atoms with Gasteiger partial charge < -0.3 is 24.8 Å². The van der Waals surface area contributed by atoms with Crippen molar-refractivity contribution in [2.45, 2.75) is 52.2 Å². The van der Waals surface area contributed by atoms with Crippen molar-refractivity contribution in [1.29, 1.82) is 0 Å². The lowest BCUT2D eigenvalue weighted by Gasteiger charge is -2.23. The number of carbonyl (C=O) groups is 2. The van der Waals surface area contributed by atoms with Gasteiger partial charge in [-0.2, -0.15) is 0 Å². The van der Waals surface area contributed by atoms with Crippen LogP contribution in [0.4, 0.5) is 13.6 Å². The SMILES string of the molecule is CCCCCN(CCOc1ccc(CC(OCC)C(=O)O)cc1)C(=O)NCc1ccc(F)cc1F. The molecule has 0 radical (unpaired) electrons. The van der Waals surface area contributed by atoms with Crippen molar-refractivity contribution in [2.75, 3.05) is 26.3 Å². The lowest BCUT2D eigenvalue weighted by molar-refractivity contribution is -0.149. The number of hydrogen-bond acceptors (Lipinski definition) is 4. The molecule has 1 atom stereocenters. The first-order valence-electron chi connectivity index (χ1n) is 11.9. The number of hydrogen-bond donors (Lipinski definition) is 2. The zero-order chi connectivity index (χ0) is 25.6. The molecule has 2 aromatic carbocycles. The predicted octanol–water partition coefficient (Wildman–Crippen LogP) is 4.78. The summed E-state index contributed by atoms with van der Waals surface area (Å²) >= 11 is 0. The Morgan fingerprint density at radius 2 is 1.80 bits per heavy atom. The average Bonchev–Trinajstić information content (AvgIpc) is 2.83. The number of nitrogens with zero attached hydrogens (tertiary/aromatic N) is 1. The quantitative estimate of drug-likeness (QED) is 0.350. The van der Waals surface area contributed by atoms with Crippen LogP contribution in [0.5, 0.6) is 5.75 Å². The van der Waals surface area contributed by atoms with Gasteiger partial charge in [0.25, 0.3) is 0 Å². The highest BCUT2D eigenvalue weighted by atomic mass is 19.1. The topological polar surface area (TPSA) is 88.1 Å². The third-order valence-electron chi connectivity index (χ3n) is 5.38. The maximum atomic E-state index is 13.9.